The number of rotatable bonds is 15. The fraction of sp³-hybridized carbons (Fsp3) is 0.611. The van der Waals surface area contributed by atoms with Gasteiger partial charge in [-0.05, 0) is 36.7 Å². The highest BCUT2D eigenvalue weighted by molar-refractivity contribution is 6.12. The summed E-state index contributed by atoms with van der Waals surface area (Å²) in [6, 6.07) is 0. The number of carbonyl (C=O) groups is 6. The van der Waals surface area contributed by atoms with Crippen LogP contribution >= 0.6 is 0 Å². The van der Waals surface area contributed by atoms with Crippen LogP contribution in [0.2, 0.25) is 0 Å². The normalized spacial score (nSPS) is 14.9. The molecule has 46 heavy (non-hydrogen) atoms. The van der Waals surface area contributed by atoms with Crippen molar-refractivity contribution in [1.82, 2.24) is 20.0 Å². The van der Waals surface area contributed by atoms with Crippen molar-refractivity contribution in [2.75, 3.05) is 32.7 Å². The lowest BCUT2D eigenvalue weighted by Gasteiger charge is -2.16. The van der Waals surface area contributed by atoms with Crippen LogP contribution in [0.3, 0.4) is 0 Å². The Morgan fingerprint density at radius 2 is 1.28 bits per heavy atom. The Morgan fingerprint density at radius 3 is 1.76 bits per heavy atom. The van der Waals surface area contributed by atoms with E-state index in [1.54, 1.807) is 17.1 Å². The minimum atomic E-state index is -0.317. The summed E-state index contributed by atoms with van der Waals surface area (Å²) in [6.07, 6.45) is 13.9. The third kappa shape index (κ3) is 18.2. The molecule has 260 valence electrons. The van der Waals surface area contributed by atoms with Crippen LogP contribution in [0.15, 0.2) is 48.7 Å². The van der Waals surface area contributed by atoms with E-state index < -0.39 is 0 Å². The molecule has 0 aliphatic carbocycles. The molecule has 0 radical (unpaired) electrons. The number of hydrogen-bond acceptors (Lipinski definition) is 6. The van der Waals surface area contributed by atoms with E-state index in [2.05, 4.69) is 39.6 Å². The first-order chi connectivity index (χ1) is 20.7. The largest absolute Gasteiger partial charge is 0.354 e. The molecule has 0 fully saturated rings. The maximum atomic E-state index is 11.6. The first-order valence-corrected chi connectivity index (χ1v) is 15.7. The van der Waals surface area contributed by atoms with Gasteiger partial charge in [0.05, 0.1) is 0 Å². The quantitative estimate of drug-likeness (QED) is 0.236. The van der Waals surface area contributed by atoms with E-state index in [9.17, 15) is 28.8 Å². The maximum absolute atomic E-state index is 11.6. The smallest absolute Gasteiger partial charge is 0.253 e. The average Bonchev–Trinajstić information content (AvgIpc) is 3.60. The molecule has 0 saturated carbocycles. The third-order valence-electron chi connectivity index (χ3n) is 6.91. The number of nitrogens with one attached hydrogen (secondary N) is 1. The van der Waals surface area contributed by atoms with Crippen LogP contribution in [-0.4, -0.2) is 82.7 Å². The Labute approximate surface area is 278 Å². The molecule has 10 heteroatoms. The minimum Gasteiger partial charge on any atom is -0.354 e. The highest BCUT2D eigenvalue weighted by Crippen LogP contribution is 2.14. The number of imide groups is 1. The van der Waals surface area contributed by atoms with Crippen LogP contribution in [-0.2, 0) is 28.8 Å². The molecule has 0 unspecified atom stereocenters. The van der Waals surface area contributed by atoms with Gasteiger partial charge < -0.3 is 15.1 Å². The van der Waals surface area contributed by atoms with E-state index >= 15 is 0 Å². The van der Waals surface area contributed by atoms with E-state index in [-0.39, 0.29) is 56.7 Å². The number of allylic oxidation sites excluding steroid dienone is 1. The molecule has 0 spiro atoms. The maximum Gasteiger partial charge on any atom is 0.253 e. The zero-order valence-corrected chi connectivity index (χ0v) is 27.5. The molecule has 5 amide bonds. The lowest BCUT2D eigenvalue weighted by molar-refractivity contribution is -0.137. The fourth-order valence-corrected chi connectivity index (χ4v) is 4.31. The zero-order valence-electron chi connectivity index (χ0n) is 27.5. The Hall–Kier alpha value is -3.82. The SMILES string of the molecule is C.C.C=C1C=CC(=O)N1CCC(=O)CCCC(C)C.CC(C)CC(=O)NCCN1C(=O)C=CC1=O.CC(C)CCN1CC=CC1=O. The minimum absolute atomic E-state index is 0. The van der Waals surface area contributed by atoms with Gasteiger partial charge in [0.1, 0.15) is 5.78 Å². The first-order valence-electron chi connectivity index (χ1n) is 15.7. The summed E-state index contributed by atoms with van der Waals surface area (Å²) in [5, 5.41) is 2.67. The summed E-state index contributed by atoms with van der Waals surface area (Å²) >= 11 is 0. The van der Waals surface area contributed by atoms with Crippen LogP contribution in [0.25, 0.3) is 0 Å². The van der Waals surface area contributed by atoms with E-state index in [0.717, 1.165) is 37.3 Å². The van der Waals surface area contributed by atoms with Crippen LogP contribution in [0.5, 0.6) is 0 Å². The lowest BCUT2D eigenvalue weighted by Crippen LogP contribution is -2.38. The number of hydrogen-bond donors (Lipinski definition) is 1. The number of nitrogens with zero attached hydrogens (tertiary/aromatic N) is 3. The van der Waals surface area contributed by atoms with Crippen LogP contribution in [0.1, 0.15) is 94.9 Å². The summed E-state index contributed by atoms with van der Waals surface area (Å²) in [6.45, 7) is 19.0. The summed E-state index contributed by atoms with van der Waals surface area (Å²) in [4.78, 5) is 72.1. The Balaban J connectivity index is 0. The predicted octanol–water partition coefficient (Wildman–Crippen LogP) is 5.46. The van der Waals surface area contributed by atoms with Gasteiger partial charge in [-0.25, -0.2) is 0 Å². The van der Waals surface area contributed by atoms with E-state index in [1.807, 2.05) is 24.8 Å². The molecule has 10 nitrogen and oxygen atoms in total. The molecule has 0 saturated heterocycles. The first kappa shape index (κ1) is 44.3. The van der Waals surface area contributed by atoms with Gasteiger partial charge in [0, 0.05) is 82.0 Å². The van der Waals surface area contributed by atoms with Crippen LogP contribution in [0.4, 0.5) is 0 Å². The van der Waals surface area contributed by atoms with Gasteiger partial charge in [-0.1, -0.05) is 75.5 Å². The molecular weight excluding hydrogens is 584 g/mol. The van der Waals surface area contributed by atoms with E-state index in [1.165, 1.54) is 18.2 Å². The Morgan fingerprint density at radius 1 is 0.717 bits per heavy atom. The predicted molar refractivity (Wildman–Crippen MR) is 185 cm³/mol. The van der Waals surface area contributed by atoms with Crippen molar-refractivity contribution in [3.05, 3.63) is 48.7 Å². The van der Waals surface area contributed by atoms with Gasteiger partial charge in [-0.3, -0.25) is 33.7 Å². The van der Waals surface area contributed by atoms with Gasteiger partial charge in [0.15, 0.2) is 0 Å². The van der Waals surface area contributed by atoms with Gasteiger partial charge >= 0.3 is 0 Å². The zero-order chi connectivity index (χ0) is 33.2. The molecule has 1 N–H and O–H groups in total. The Kier molecular flexibility index (Phi) is 22.6. The highest BCUT2D eigenvalue weighted by atomic mass is 16.2. The molecule has 0 aromatic carbocycles. The standard InChI is InChI=1S/C14H21NO2.C11H16N2O3.C9H15NO.2CH4/c1-11(2)5-4-6-13(16)9-10-15-12(3)7-8-14(15)17;1-8(2)7-9(14)12-5-6-13-10(15)3-4-11(13)16;1-8(2)5-7-10-6-3-4-9(10)11;;/h7-8,11H,3-6,9-10H2,1-2H3;3-4,8H,5-7H2,1-2H3,(H,12,14);3-4,8H,5-7H2,1-2H3;2*1H4. The Bertz CT molecular complexity index is 1080. The topological polar surface area (TPSA) is 124 Å². The van der Waals surface area contributed by atoms with Crippen molar-refractivity contribution in [2.45, 2.75) is 94.9 Å². The third-order valence-corrected chi connectivity index (χ3v) is 6.91. The monoisotopic (exact) mass is 644 g/mol. The lowest BCUT2D eigenvalue weighted by atomic mass is 10.0. The van der Waals surface area contributed by atoms with Crippen molar-refractivity contribution in [3.63, 3.8) is 0 Å². The van der Waals surface area contributed by atoms with E-state index in [0.29, 0.717) is 55.8 Å². The second-order valence-corrected chi connectivity index (χ2v) is 12.4. The molecule has 0 aromatic heterocycles. The van der Waals surface area contributed by atoms with Gasteiger partial charge in [-0.15, -0.1) is 0 Å². The molecule has 3 heterocycles. The van der Waals surface area contributed by atoms with Gasteiger partial charge in [0.2, 0.25) is 11.8 Å². The van der Waals surface area contributed by atoms with Crippen molar-refractivity contribution in [2.24, 2.45) is 17.8 Å². The van der Waals surface area contributed by atoms with Crippen LogP contribution < -0.4 is 5.32 Å². The molecule has 3 rings (SSSR count). The molecule has 3 aliphatic heterocycles. The molecule has 3 aliphatic rings. The molecule has 0 bridgehead atoms. The number of amides is 5. The summed E-state index contributed by atoms with van der Waals surface area (Å²) in [5.74, 6) is 1.29. The van der Waals surface area contributed by atoms with Crippen molar-refractivity contribution < 1.29 is 28.8 Å². The summed E-state index contributed by atoms with van der Waals surface area (Å²) in [5.41, 5.74) is 0.685. The fourth-order valence-electron chi connectivity index (χ4n) is 4.31. The molecule has 0 aromatic rings. The van der Waals surface area contributed by atoms with Gasteiger partial charge in [-0.2, -0.15) is 0 Å². The van der Waals surface area contributed by atoms with Crippen molar-refractivity contribution in [1.29, 1.82) is 0 Å². The van der Waals surface area contributed by atoms with E-state index in [4.69, 9.17) is 0 Å². The summed E-state index contributed by atoms with van der Waals surface area (Å²) in [7, 11) is 0. The van der Waals surface area contributed by atoms with Crippen molar-refractivity contribution in [3.8, 4) is 0 Å². The number of Topliss-reactive ketones (excluding diaryl/α,β-unsaturated/α-hetero) is 1. The highest BCUT2D eigenvalue weighted by Gasteiger charge is 2.22. The molecular formula is C36H60N4O6. The molecule has 0 atom stereocenters. The second kappa shape index (κ2) is 23.5. The van der Waals surface area contributed by atoms with Crippen LogP contribution in [0, 0.1) is 17.8 Å². The second-order valence-electron chi connectivity index (χ2n) is 12.4. The number of ketones is 1. The number of carbonyl (C=O) groups excluding carboxylic acids is 6. The average molecular weight is 645 g/mol. The summed E-state index contributed by atoms with van der Waals surface area (Å²) < 4.78 is 0. The van der Waals surface area contributed by atoms with Crippen molar-refractivity contribution >= 4 is 35.3 Å². The van der Waals surface area contributed by atoms with Gasteiger partial charge in [0.25, 0.3) is 17.7 Å².